The van der Waals surface area contributed by atoms with Crippen LogP contribution in [-0.4, -0.2) is 9.97 Å². The highest BCUT2D eigenvalue weighted by atomic mass is 35.5. The fourth-order valence-electron chi connectivity index (χ4n) is 1.22. The van der Waals surface area contributed by atoms with Crippen LogP contribution in [0.3, 0.4) is 0 Å². The third-order valence-electron chi connectivity index (χ3n) is 2.05. The zero-order valence-corrected chi connectivity index (χ0v) is 10.2. The van der Waals surface area contributed by atoms with Crippen molar-refractivity contribution in [1.82, 2.24) is 9.97 Å². The Morgan fingerprint density at radius 3 is 2.47 bits per heavy atom. The average Bonchev–Trinajstić information content (AvgIpc) is 2.32. The number of hydrogen-bond donors (Lipinski definition) is 1. The van der Waals surface area contributed by atoms with Crippen LogP contribution in [0.5, 0.6) is 11.8 Å². The SMILES string of the molecule is NCc1ccc(Oc2ncc(Cl)cn2)cc1Cl. The summed E-state index contributed by atoms with van der Waals surface area (Å²) in [5.74, 6) is 0.550. The van der Waals surface area contributed by atoms with Crippen LogP contribution in [-0.2, 0) is 6.54 Å². The third-order valence-corrected chi connectivity index (χ3v) is 2.60. The number of nitrogens with two attached hydrogens (primary N) is 1. The maximum absolute atomic E-state index is 6.00. The van der Waals surface area contributed by atoms with E-state index in [-0.39, 0.29) is 6.01 Å². The molecule has 2 aromatic rings. The molecule has 0 bridgehead atoms. The summed E-state index contributed by atoms with van der Waals surface area (Å²) in [6.45, 7) is 0.385. The molecule has 1 aromatic heterocycles. The van der Waals surface area contributed by atoms with Crippen LogP contribution in [0.4, 0.5) is 0 Å². The molecule has 88 valence electrons. The van der Waals surface area contributed by atoms with Crippen LogP contribution in [0.1, 0.15) is 5.56 Å². The van der Waals surface area contributed by atoms with E-state index in [0.29, 0.717) is 22.3 Å². The van der Waals surface area contributed by atoms with Gasteiger partial charge in [0.25, 0.3) is 0 Å². The van der Waals surface area contributed by atoms with E-state index in [0.717, 1.165) is 5.56 Å². The molecule has 0 radical (unpaired) electrons. The van der Waals surface area contributed by atoms with Gasteiger partial charge in [0.2, 0.25) is 0 Å². The summed E-state index contributed by atoms with van der Waals surface area (Å²) in [5, 5.41) is 1.01. The summed E-state index contributed by atoms with van der Waals surface area (Å²) in [6.07, 6.45) is 2.92. The van der Waals surface area contributed by atoms with Crippen LogP contribution in [0.15, 0.2) is 30.6 Å². The van der Waals surface area contributed by atoms with Gasteiger partial charge < -0.3 is 10.5 Å². The van der Waals surface area contributed by atoms with Crippen LogP contribution in [0.2, 0.25) is 10.0 Å². The van der Waals surface area contributed by atoms with Gasteiger partial charge >= 0.3 is 6.01 Å². The monoisotopic (exact) mass is 269 g/mol. The first-order valence-corrected chi connectivity index (χ1v) is 5.58. The summed E-state index contributed by atoms with van der Waals surface area (Å²) in [7, 11) is 0. The molecule has 1 aromatic carbocycles. The van der Waals surface area contributed by atoms with E-state index in [1.54, 1.807) is 18.2 Å². The number of aromatic nitrogens is 2. The van der Waals surface area contributed by atoms with Crippen molar-refractivity contribution in [2.24, 2.45) is 5.73 Å². The van der Waals surface area contributed by atoms with E-state index in [9.17, 15) is 0 Å². The van der Waals surface area contributed by atoms with E-state index in [4.69, 9.17) is 33.7 Å². The van der Waals surface area contributed by atoms with Crippen molar-refractivity contribution in [2.45, 2.75) is 6.54 Å². The molecular formula is C11H9Cl2N3O. The number of ether oxygens (including phenoxy) is 1. The number of nitrogens with zero attached hydrogens (tertiary/aromatic N) is 2. The van der Waals surface area contributed by atoms with Crippen molar-refractivity contribution in [1.29, 1.82) is 0 Å². The van der Waals surface area contributed by atoms with Crippen LogP contribution >= 0.6 is 23.2 Å². The Kier molecular flexibility index (Phi) is 3.78. The Hall–Kier alpha value is -1.36. The summed E-state index contributed by atoms with van der Waals surface area (Å²) >= 11 is 11.7. The average molecular weight is 270 g/mol. The van der Waals surface area contributed by atoms with Crippen molar-refractivity contribution < 1.29 is 4.74 Å². The molecular weight excluding hydrogens is 261 g/mol. The Balaban J connectivity index is 2.19. The molecule has 0 aliphatic heterocycles. The molecule has 0 saturated heterocycles. The van der Waals surface area contributed by atoms with Gasteiger partial charge in [-0.05, 0) is 17.7 Å². The fraction of sp³-hybridized carbons (Fsp3) is 0.0909. The van der Waals surface area contributed by atoms with Gasteiger partial charge in [-0.3, -0.25) is 0 Å². The van der Waals surface area contributed by atoms with Crippen molar-refractivity contribution >= 4 is 23.2 Å². The molecule has 4 nitrogen and oxygen atoms in total. The molecule has 17 heavy (non-hydrogen) atoms. The van der Waals surface area contributed by atoms with Gasteiger partial charge in [-0.15, -0.1) is 0 Å². The predicted octanol–water partition coefficient (Wildman–Crippen LogP) is 3.03. The highest BCUT2D eigenvalue weighted by molar-refractivity contribution is 6.31. The maximum Gasteiger partial charge on any atom is 0.321 e. The quantitative estimate of drug-likeness (QED) is 0.931. The smallest absolute Gasteiger partial charge is 0.321 e. The van der Waals surface area contributed by atoms with Gasteiger partial charge in [-0.2, -0.15) is 0 Å². The summed E-state index contributed by atoms with van der Waals surface area (Å²) in [4.78, 5) is 7.83. The normalized spacial score (nSPS) is 10.3. The van der Waals surface area contributed by atoms with Crippen LogP contribution in [0.25, 0.3) is 0 Å². The Bertz CT molecular complexity index is 517. The molecule has 0 atom stereocenters. The molecule has 0 saturated carbocycles. The highest BCUT2D eigenvalue weighted by Gasteiger charge is 2.04. The highest BCUT2D eigenvalue weighted by Crippen LogP contribution is 2.25. The van der Waals surface area contributed by atoms with E-state index in [1.807, 2.05) is 0 Å². The van der Waals surface area contributed by atoms with E-state index >= 15 is 0 Å². The minimum atomic E-state index is 0.214. The molecule has 0 spiro atoms. The van der Waals surface area contributed by atoms with Crippen LogP contribution in [0, 0.1) is 0 Å². The minimum absolute atomic E-state index is 0.214. The zero-order valence-electron chi connectivity index (χ0n) is 8.73. The van der Waals surface area contributed by atoms with Gasteiger partial charge in [0.1, 0.15) is 5.75 Å². The number of rotatable bonds is 3. The zero-order chi connectivity index (χ0) is 12.3. The lowest BCUT2D eigenvalue weighted by Crippen LogP contribution is -1.97. The second-order valence-corrected chi connectivity index (χ2v) is 4.09. The minimum Gasteiger partial charge on any atom is -0.424 e. The van der Waals surface area contributed by atoms with Crippen molar-refractivity contribution in [2.75, 3.05) is 0 Å². The maximum atomic E-state index is 6.00. The predicted molar refractivity (Wildman–Crippen MR) is 66.5 cm³/mol. The van der Waals surface area contributed by atoms with E-state index in [2.05, 4.69) is 9.97 Å². The molecule has 0 aliphatic rings. The lowest BCUT2D eigenvalue weighted by atomic mass is 10.2. The lowest BCUT2D eigenvalue weighted by molar-refractivity contribution is 0.441. The Morgan fingerprint density at radius 2 is 1.88 bits per heavy atom. The largest absolute Gasteiger partial charge is 0.424 e. The second kappa shape index (κ2) is 5.31. The van der Waals surface area contributed by atoms with Gasteiger partial charge in [0, 0.05) is 11.6 Å². The summed E-state index contributed by atoms with van der Waals surface area (Å²) in [6, 6.07) is 5.44. The molecule has 2 N–H and O–H groups in total. The summed E-state index contributed by atoms with van der Waals surface area (Å²) in [5.41, 5.74) is 6.36. The number of halogens is 2. The second-order valence-electron chi connectivity index (χ2n) is 3.24. The molecule has 0 aliphatic carbocycles. The standard InChI is InChI=1S/C11H9Cl2N3O/c12-8-5-15-11(16-6-8)17-9-2-1-7(4-14)10(13)3-9/h1-3,5-6H,4,14H2. The fourth-order valence-corrected chi connectivity index (χ4v) is 1.56. The van der Waals surface area contributed by atoms with Gasteiger partial charge in [-0.1, -0.05) is 29.3 Å². The topological polar surface area (TPSA) is 61.0 Å². The third kappa shape index (κ3) is 3.06. The first-order valence-electron chi connectivity index (χ1n) is 4.83. The number of hydrogen-bond acceptors (Lipinski definition) is 4. The van der Waals surface area contributed by atoms with Gasteiger partial charge in [0.05, 0.1) is 17.4 Å². The number of benzene rings is 1. The Labute approximate surface area is 108 Å². The molecule has 0 unspecified atom stereocenters. The first kappa shape index (κ1) is 12.1. The molecule has 0 fully saturated rings. The first-order chi connectivity index (χ1) is 8.19. The van der Waals surface area contributed by atoms with Crippen molar-refractivity contribution in [3.05, 3.63) is 46.2 Å². The molecule has 6 heteroatoms. The molecule has 0 amide bonds. The van der Waals surface area contributed by atoms with Crippen molar-refractivity contribution in [3.63, 3.8) is 0 Å². The lowest BCUT2D eigenvalue weighted by Gasteiger charge is -2.06. The molecule has 1 heterocycles. The van der Waals surface area contributed by atoms with Crippen molar-refractivity contribution in [3.8, 4) is 11.8 Å². The van der Waals surface area contributed by atoms with E-state index in [1.165, 1.54) is 12.4 Å². The summed E-state index contributed by atoms with van der Waals surface area (Å²) < 4.78 is 5.41. The van der Waals surface area contributed by atoms with Gasteiger partial charge in [-0.25, -0.2) is 9.97 Å². The molecule has 2 rings (SSSR count). The van der Waals surface area contributed by atoms with E-state index < -0.39 is 0 Å². The van der Waals surface area contributed by atoms with Crippen LogP contribution < -0.4 is 10.5 Å². The van der Waals surface area contributed by atoms with Gasteiger partial charge in [0.15, 0.2) is 0 Å². The Morgan fingerprint density at radius 1 is 1.18 bits per heavy atom.